The summed E-state index contributed by atoms with van der Waals surface area (Å²) in [6.07, 6.45) is -1.32. The van der Waals surface area contributed by atoms with E-state index in [1.165, 1.54) is 64.7 Å². The fourth-order valence-electron chi connectivity index (χ4n) is 2.79. The smallest absolute Gasteiger partial charge is 0.412 e. The van der Waals surface area contributed by atoms with Gasteiger partial charge < -0.3 is 24.6 Å². The summed E-state index contributed by atoms with van der Waals surface area (Å²) >= 11 is 0. The molecular weight excluding hydrogens is 422 g/mol. The number of carboxylic acid groups (broad SMARTS) is 1. The summed E-state index contributed by atoms with van der Waals surface area (Å²) in [5, 5.41) is 13.9. The first-order chi connectivity index (χ1) is 15.2. The van der Waals surface area contributed by atoms with Crippen molar-refractivity contribution in [1.82, 2.24) is 5.32 Å². The average Bonchev–Trinajstić information content (AvgIpc) is 2.75. The van der Waals surface area contributed by atoms with Gasteiger partial charge in [-0.25, -0.2) is 9.59 Å². The number of ether oxygens (including phenoxy) is 3. The number of nitrogens with one attached hydrogen (secondary N) is 2. The number of anilines is 2. The summed E-state index contributed by atoms with van der Waals surface area (Å²) in [7, 11) is 4.21. The number of urea groups is 1. The van der Waals surface area contributed by atoms with Gasteiger partial charge >= 0.3 is 12.1 Å². The number of nitrogens with zero attached hydrogens (tertiary/aromatic N) is 1. The Kier molecular flexibility index (Phi) is 7.99. The molecule has 0 spiro atoms. The lowest BCUT2D eigenvalue weighted by molar-refractivity contribution is -0.115. The molecule has 11 heteroatoms. The van der Waals surface area contributed by atoms with Gasteiger partial charge in [-0.3, -0.25) is 19.8 Å². The molecule has 0 aliphatic rings. The van der Waals surface area contributed by atoms with Crippen LogP contribution in [0.15, 0.2) is 36.4 Å². The Balaban J connectivity index is 2.17. The van der Waals surface area contributed by atoms with Gasteiger partial charge in [0.25, 0.3) is 5.91 Å². The molecule has 0 atom stereocenters. The molecule has 0 radical (unpaired) electrons. The maximum absolute atomic E-state index is 12.5. The monoisotopic (exact) mass is 445 g/mol. The van der Waals surface area contributed by atoms with Gasteiger partial charge in [0.05, 0.1) is 27.9 Å². The third-order valence-electron chi connectivity index (χ3n) is 4.18. The highest BCUT2D eigenvalue weighted by molar-refractivity contribution is 6.08. The maximum atomic E-state index is 12.5. The summed E-state index contributed by atoms with van der Waals surface area (Å²) in [5.41, 5.74) is 0.482. The summed E-state index contributed by atoms with van der Waals surface area (Å²) in [6, 6.07) is 7.76. The van der Waals surface area contributed by atoms with Crippen molar-refractivity contribution in [2.45, 2.75) is 6.92 Å². The van der Waals surface area contributed by atoms with Crippen molar-refractivity contribution in [3.05, 3.63) is 42.0 Å². The lowest BCUT2D eigenvalue weighted by atomic mass is 10.1. The zero-order valence-corrected chi connectivity index (χ0v) is 17.9. The minimum absolute atomic E-state index is 0.0851. The van der Waals surface area contributed by atoms with Gasteiger partial charge in [0.2, 0.25) is 5.75 Å². The van der Waals surface area contributed by atoms with E-state index in [4.69, 9.17) is 14.2 Å². The topological polar surface area (TPSA) is 143 Å². The van der Waals surface area contributed by atoms with E-state index >= 15 is 0 Å². The van der Waals surface area contributed by atoms with E-state index in [-0.39, 0.29) is 40.8 Å². The molecule has 0 saturated heterocycles. The second kappa shape index (κ2) is 10.7. The Labute approximate surface area is 183 Å². The van der Waals surface area contributed by atoms with E-state index in [1.54, 1.807) is 0 Å². The molecule has 170 valence electrons. The molecule has 2 rings (SSSR count). The van der Waals surface area contributed by atoms with Gasteiger partial charge in [0.1, 0.15) is 5.78 Å². The highest BCUT2D eigenvalue weighted by Crippen LogP contribution is 2.38. The lowest BCUT2D eigenvalue weighted by Gasteiger charge is -2.18. The van der Waals surface area contributed by atoms with Crippen LogP contribution < -0.4 is 29.7 Å². The quantitative estimate of drug-likeness (QED) is 0.563. The van der Waals surface area contributed by atoms with Crippen LogP contribution in [0.4, 0.5) is 21.0 Å². The minimum atomic E-state index is -1.32. The van der Waals surface area contributed by atoms with Gasteiger partial charge in [-0.1, -0.05) is 6.07 Å². The third-order valence-corrected chi connectivity index (χ3v) is 4.18. The molecule has 4 amide bonds. The number of imide groups is 1. The number of carbonyl (C=O) groups excluding carboxylic acids is 3. The molecule has 2 aromatic carbocycles. The van der Waals surface area contributed by atoms with E-state index in [2.05, 4.69) is 10.6 Å². The van der Waals surface area contributed by atoms with Crippen LogP contribution in [0.3, 0.4) is 0 Å². The fourth-order valence-corrected chi connectivity index (χ4v) is 2.79. The molecule has 0 aromatic heterocycles. The summed E-state index contributed by atoms with van der Waals surface area (Å²) in [4.78, 5) is 48.4. The van der Waals surface area contributed by atoms with Crippen molar-refractivity contribution in [2.75, 3.05) is 38.1 Å². The van der Waals surface area contributed by atoms with Gasteiger partial charge in [0, 0.05) is 16.9 Å². The molecule has 0 bridgehead atoms. The van der Waals surface area contributed by atoms with Crippen LogP contribution in [0, 0.1) is 0 Å². The standard InChI is InChI=1S/C21H23N3O8/c1-12(25)11-24(21(28)29)15-7-5-6-14(10-15)22-20(27)23-19(26)13-8-16(30-2)18(32-4)17(9-13)31-3/h5-10H,11H2,1-4H3,(H,28,29)(H2,22,23,26,27). The van der Waals surface area contributed by atoms with Crippen LogP contribution in [-0.4, -0.2) is 56.8 Å². The maximum Gasteiger partial charge on any atom is 0.412 e. The lowest BCUT2D eigenvalue weighted by Crippen LogP contribution is -2.35. The average molecular weight is 445 g/mol. The Morgan fingerprint density at radius 3 is 2.09 bits per heavy atom. The molecule has 0 heterocycles. The van der Waals surface area contributed by atoms with Crippen LogP contribution in [0.5, 0.6) is 17.2 Å². The van der Waals surface area contributed by atoms with E-state index < -0.39 is 18.0 Å². The number of ketones is 1. The molecule has 32 heavy (non-hydrogen) atoms. The van der Waals surface area contributed by atoms with Gasteiger partial charge in [-0.05, 0) is 37.3 Å². The zero-order valence-electron chi connectivity index (χ0n) is 17.9. The largest absolute Gasteiger partial charge is 0.493 e. The van der Waals surface area contributed by atoms with E-state index in [9.17, 15) is 24.3 Å². The van der Waals surface area contributed by atoms with Gasteiger partial charge in [-0.15, -0.1) is 0 Å². The van der Waals surface area contributed by atoms with Gasteiger partial charge in [-0.2, -0.15) is 0 Å². The highest BCUT2D eigenvalue weighted by Gasteiger charge is 2.19. The Morgan fingerprint density at radius 2 is 1.59 bits per heavy atom. The van der Waals surface area contributed by atoms with Crippen molar-refractivity contribution in [1.29, 1.82) is 0 Å². The summed E-state index contributed by atoms with van der Waals surface area (Å²) in [5.74, 6) is -0.309. The van der Waals surface area contributed by atoms with Crippen molar-refractivity contribution >= 4 is 35.2 Å². The first-order valence-corrected chi connectivity index (χ1v) is 9.22. The first-order valence-electron chi connectivity index (χ1n) is 9.22. The number of carbonyl (C=O) groups is 4. The van der Waals surface area contributed by atoms with Gasteiger partial charge in [0.15, 0.2) is 11.5 Å². The summed E-state index contributed by atoms with van der Waals surface area (Å²) in [6.45, 7) is 0.921. The molecule has 0 aliphatic heterocycles. The minimum Gasteiger partial charge on any atom is -0.493 e. The number of Topliss-reactive ketones (excluding diaryl/α,β-unsaturated/α-hetero) is 1. The van der Waals surface area contributed by atoms with Crippen LogP contribution in [-0.2, 0) is 4.79 Å². The number of hydrogen-bond acceptors (Lipinski definition) is 7. The van der Waals surface area contributed by atoms with Crippen LogP contribution in [0.2, 0.25) is 0 Å². The van der Waals surface area contributed by atoms with Crippen LogP contribution in [0.25, 0.3) is 0 Å². The third kappa shape index (κ3) is 5.88. The Morgan fingerprint density at radius 1 is 0.969 bits per heavy atom. The Bertz CT molecular complexity index is 1010. The fraction of sp³-hybridized carbons (Fsp3) is 0.238. The molecule has 0 aliphatic carbocycles. The van der Waals surface area contributed by atoms with Crippen molar-refractivity contribution in [3.63, 3.8) is 0 Å². The second-order valence-electron chi connectivity index (χ2n) is 6.44. The number of methoxy groups -OCH3 is 3. The SMILES string of the molecule is COc1cc(C(=O)NC(=O)Nc2cccc(N(CC(C)=O)C(=O)O)c2)cc(OC)c1OC. The number of hydrogen-bond donors (Lipinski definition) is 3. The van der Waals surface area contributed by atoms with E-state index in [1.807, 2.05) is 0 Å². The van der Waals surface area contributed by atoms with Crippen molar-refractivity contribution in [3.8, 4) is 17.2 Å². The van der Waals surface area contributed by atoms with Crippen LogP contribution >= 0.6 is 0 Å². The summed E-state index contributed by atoms with van der Waals surface area (Å²) < 4.78 is 15.6. The van der Waals surface area contributed by atoms with E-state index in [0.29, 0.717) is 5.75 Å². The predicted molar refractivity (Wildman–Crippen MR) is 115 cm³/mol. The zero-order chi connectivity index (χ0) is 23.8. The number of benzene rings is 2. The normalized spacial score (nSPS) is 10.0. The first kappa shape index (κ1) is 24.0. The molecule has 2 aromatic rings. The molecule has 0 unspecified atom stereocenters. The predicted octanol–water partition coefficient (Wildman–Crippen LogP) is 2.75. The second-order valence-corrected chi connectivity index (χ2v) is 6.44. The molecular formula is C21H23N3O8. The van der Waals surface area contributed by atoms with E-state index in [0.717, 1.165) is 4.90 Å². The Hall–Kier alpha value is -4.28. The molecule has 0 fully saturated rings. The number of amides is 4. The molecule has 0 saturated carbocycles. The molecule has 11 nitrogen and oxygen atoms in total. The highest BCUT2D eigenvalue weighted by atomic mass is 16.5. The van der Waals surface area contributed by atoms with Crippen LogP contribution in [0.1, 0.15) is 17.3 Å². The number of rotatable bonds is 8. The van der Waals surface area contributed by atoms with Crippen molar-refractivity contribution in [2.24, 2.45) is 0 Å². The van der Waals surface area contributed by atoms with Crippen molar-refractivity contribution < 1.29 is 38.5 Å². The molecule has 3 N–H and O–H groups in total.